The predicted octanol–water partition coefficient (Wildman–Crippen LogP) is 6.21. The third-order valence-electron chi connectivity index (χ3n) is 4.72. The number of imidazole rings is 1. The highest BCUT2D eigenvalue weighted by atomic mass is 35.5. The standard InChI is InChI=1S/C25H20Cl2N4OS/c26-20(14-18-8-2-1-3-9-18)15-28-30-24(32)17-33-25-29-22-12-6-7-13-23(22)31(25)16-19-10-4-5-11-21(19)27/h1-15H,16-17H2,(H,30,32)/b20-14-,28-15-. The van der Waals surface area contributed by atoms with Gasteiger partial charge in [-0.1, -0.05) is 95.6 Å². The summed E-state index contributed by atoms with van der Waals surface area (Å²) in [6, 6.07) is 25.2. The summed E-state index contributed by atoms with van der Waals surface area (Å²) in [5, 5.41) is 5.78. The molecule has 0 atom stereocenters. The lowest BCUT2D eigenvalue weighted by Crippen LogP contribution is -2.20. The summed E-state index contributed by atoms with van der Waals surface area (Å²) in [7, 11) is 0. The van der Waals surface area contributed by atoms with E-state index in [1.807, 2.05) is 78.9 Å². The van der Waals surface area contributed by atoms with Crippen molar-refractivity contribution in [2.75, 3.05) is 5.75 Å². The SMILES string of the molecule is O=C(CSc1nc2ccccc2n1Cc1ccccc1Cl)N/N=C\C(Cl)=C\c1ccccc1. The lowest BCUT2D eigenvalue weighted by molar-refractivity contribution is -0.118. The smallest absolute Gasteiger partial charge is 0.250 e. The van der Waals surface area contributed by atoms with E-state index >= 15 is 0 Å². The summed E-state index contributed by atoms with van der Waals surface area (Å²) in [5.74, 6) is -0.0970. The Morgan fingerprint density at radius 2 is 1.76 bits per heavy atom. The van der Waals surface area contributed by atoms with E-state index in [1.54, 1.807) is 6.08 Å². The quantitative estimate of drug-likeness (QED) is 0.180. The fraction of sp³-hybridized carbons (Fsp3) is 0.0800. The van der Waals surface area contributed by atoms with Crippen molar-refractivity contribution in [3.05, 3.63) is 100 Å². The zero-order valence-corrected chi connectivity index (χ0v) is 19.8. The van der Waals surface area contributed by atoms with Crippen LogP contribution < -0.4 is 5.43 Å². The number of nitrogens with one attached hydrogen (secondary N) is 1. The van der Waals surface area contributed by atoms with E-state index in [2.05, 4.69) is 15.1 Å². The number of benzene rings is 3. The van der Waals surface area contributed by atoms with Gasteiger partial charge in [-0.2, -0.15) is 5.10 Å². The Balaban J connectivity index is 1.42. The molecule has 0 spiro atoms. The van der Waals surface area contributed by atoms with Crippen LogP contribution in [0.2, 0.25) is 5.02 Å². The first-order valence-corrected chi connectivity index (χ1v) is 11.9. The molecule has 0 aliphatic rings. The van der Waals surface area contributed by atoms with Crippen LogP contribution in [0.1, 0.15) is 11.1 Å². The minimum absolute atomic E-state index is 0.156. The minimum atomic E-state index is -0.253. The van der Waals surface area contributed by atoms with Crippen molar-refractivity contribution < 1.29 is 4.79 Å². The zero-order chi connectivity index (χ0) is 23.0. The molecule has 0 saturated carbocycles. The van der Waals surface area contributed by atoms with Crippen molar-refractivity contribution in [2.24, 2.45) is 5.10 Å². The number of fused-ring (bicyclic) bond motifs is 1. The number of hydrogen-bond donors (Lipinski definition) is 1. The Labute approximate surface area is 206 Å². The van der Waals surface area contributed by atoms with Gasteiger partial charge in [0.25, 0.3) is 5.91 Å². The molecule has 1 heterocycles. The molecule has 0 radical (unpaired) electrons. The number of para-hydroxylation sites is 2. The maximum Gasteiger partial charge on any atom is 0.250 e. The van der Waals surface area contributed by atoms with Gasteiger partial charge in [-0.05, 0) is 35.4 Å². The van der Waals surface area contributed by atoms with Gasteiger partial charge in [-0.3, -0.25) is 4.79 Å². The molecule has 1 aromatic heterocycles. The molecule has 0 unspecified atom stereocenters. The molecule has 8 heteroatoms. The average molecular weight is 495 g/mol. The second kappa shape index (κ2) is 11.2. The summed E-state index contributed by atoms with van der Waals surface area (Å²) in [5.41, 5.74) is 6.29. The molecular formula is C25H20Cl2N4OS. The maximum absolute atomic E-state index is 12.3. The summed E-state index contributed by atoms with van der Waals surface area (Å²) >= 11 is 13.9. The van der Waals surface area contributed by atoms with Crippen molar-refractivity contribution >= 4 is 64.2 Å². The molecule has 0 saturated heterocycles. The summed E-state index contributed by atoms with van der Waals surface area (Å²) < 4.78 is 2.07. The van der Waals surface area contributed by atoms with Crippen molar-refractivity contribution in [1.82, 2.24) is 15.0 Å². The molecule has 1 N–H and O–H groups in total. The summed E-state index contributed by atoms with van der Waals surface area (Å²) in [6.45, 7) is 0.558. The second-order valence-electron chi connectivity index (χ2n) is 7.08. The number of nitrogens with zero attached hydrogens (tertiary/aromatic N) is 3. The lowest BCUT2D eigenvalue weighted by atomic mass is 10.2. The number of aromatic nitrogens is 2. The topological polar surface area (TPSA) is 59.3 Å². The lowest BCUT2D eigenvalue weighted by Gasteiger charge is -2.10. The molecule has 166 valence electrons. The number of thioether (sulfide) groups is 1. The van der Waals surface area contributed by atoms with Crippen molar-refractivity contribution in [1.29, 1.82) is 0 Å². The zero-order valence-electron chi connectivity index (χ0n) is 17.5. The number of carbonyl (C=O) groups excluding carboxylic acids is 1. The van der Waals surface area contributed by atoms with Crippen LogP contribution in [0.25, 0.3) is 17.1 Å². The van der Waals surface area contributed by atoms with E-state index in [0.29, 0.717) is 16.6 Å². The Bertz CT molecular complexity index is 1320. The second-order valence-corrected chi connectivity index (χ2v) is 8.87. The molecule has 0 fully saturated rings. The van der Waals surface area contributed by atoms with Crippen LogP contribution in [0.5, 0.6) is 0 Å². The summed E-state index contributed by atoms with van der Waals surface area (Å²) in [6.07, 6.45) is 3.17. The number of hydrazone groups is 1. The van der Waals surface area contributed by atoms with Crippen molar-refractivity contribution in [3.63, 3.8) is 0 Å². The number of amides is 1. The molecular weight excluding hydrogens is 475 g/mol. The summed E-state index contributed by atoms with van der Waals surface area (Å²) in [4.78, 5) is 17.0. The van der Waals surface area contributed by atoms with Crippen LogP contribution in [-0.2, 0) is 11.3 Å². The van der Waals surface area contributed by atoms with E-state index in [4.69, 9.17) is 28.2 Å². The highest BCUT2D eigenvalue weighted by Gasteiger charge is 2.14. The molecule has 33 heavy (non-hydrogen) atoms. The van der Waals surface area contributed by atoms with Crippen LogP contribution >= 0.6 is 35.0 Å². The Morgan fingerprint density at radius 1 is 1.03 bits per heavy atom. The van der Waals surface area contributed by atoms with E-state index in [0.717, 1.165) is 27.3 Å². The maximum atomic E-state index is 12.3. The molecule has 0 aliphatic heterocycles. The fourth-order valence-corrected chi connectivity index (χ4v) is 4.36. The van der Waals surface area contributed by atoms with Gasteiger partial charge in [-0.25, -0.2) is 10.4 Å². The third kappa shape index (κ3) is 6.26. The number of allylic oxidation sites excluding steroid dienone is 1. The van der Waals surface area contributed by atoms with Crippen LogP contribution in [0, 0.1) is 0 Å². The van der Waals surface area contributed by atoms with Gasteiger partial charge in [-0.15, -0.1) is 0 Å². The van der Waals surface area contributed by atoms with E-state index in [9.17, 15) is 4.79 Å². The van der Waals surface area contributed by atoms with Gasteiger partial charge >= 0.3 is 0 Å². The van der Waals surface area contributed by atoms with E-state index in [1.165, 1.54) is 18.0 Å². The first kappa shape index (κ1) is 23.1. The van der Waals surface area contributed by atoms with Crippen LogP contribution in [-0.4, -0.2) is 27.4 Å². The third-order valence-corrected chi connectivity index (χ3v) is 6.27. The highest BCUT2D eigenvalue weighted by molar-refractivity contribution is 7.99. The van der Waals surface area contributed by atoms with Gasteiger partial charge in [0.1, 0.15) is 0 Å². The first-order chi connectivity index (χ1) is 16.1. The van der Waals surface area contributed by atoms with Gasteiger partial charge in [0.05, 0.1) is 34.6 Å². The van der Waals surface area contributed by atoms with Crippen molar-refractivity contribution in [3.8, 4) is 0 Å². The molecule has 0 bridgehead atoms. The normalized spacial score (nSPS) is 11.9. The van der Waals surface area contributed by atoms with E-state index < -0.39 is 0 Å². The van der Waals surface area contributed by atoms with Gasteiger partial charge in [0, 0.05) is 5.02 Å². The number of carbonyl (C=O) groups is 1. The predicted molar refractivity (Wildman–Crippen MR) is 138 cm³/mol. The fourth-order valence-electron chi connectivity index (χ4n) is 3.19. The molecule has 0 aliphatic carbocycles. The average Bonchev–Trinajstić information content (AvgIpc) is 3.17. The number of halogens is 2. The van der Waals surface area contributed by atoms with Gasteiger partial charge in [0.15, 0.2) is 5.16 Å². The Hall–Kier alpha value is -3.06. The largest absolute Gasteiger partial charge is 0.314 e. The van der Waals surface area contributed by atoms with Crippen LogP contribution in [0.3, 0.4) is 0 Å². The molecule has 5 nitrogen and oxygen atoms in total. The van der Waals surface area contributed by atoms with Gasteiger partial charge < -0.3 is 4.57 Å². The van der Waals surface area contributed by atoms with Crippen LogP contribution in [0.15, 0.2) is 94.2 Å². The minimum Gasteiger partial charge on any atom is -0.314 e. The molecule has 4 rings (SSSR count). The molecule has 4 aromatic rings. The molecule has 3 aromatic carbocycles. The van der Waals surface area contributed by atoms with Crippen LogP contribution in [0.4, 0.5) is 0 Å². The number of rotatable bonds is 8. The highest BCUT2D eigenvalue weighted by Crippen LogP contribution is 2.27. The van der Waals surface area contributed by atoms with E-state index in [-0.39, 0.29) is 11.7 Å². The monoisotopic (exact) mass is 494 g/mol. The number of hydrogen-bond acceptors (Lipinski definition) is 4. The molecule has 1 amide bonds. The van der Waals surface area contributed by atoms with Crippen molar-refractivity contribution in [2.45, 2.75) is 11.7 Å². The first-order valence-electron chi connectivity index (χ1n) is 10.2. The Morgan fingerprint density at radius 3 is 2.58 bits per heavy atom. The van der Waals surface area contributed by atoms with Gasteiger partial charge in [0.2, 0.25) is 0 Å². The Kier molecular flexibility index (Phi) is 7.83.